The first-order valence-corrected chi connectivity index (χ1v) is 6.22. The fourth-order valence-corrected chi connectivity index (χ4v) is 2.09. The third kappa shape index (κ3) is 3.81. The number of piperidine rings is 1. The average molecular weight is 237 g/mol. The van der Waals surface area contributed by atoms with Crippen LogP contribution in [0, 0.1) is 0 Å². The predicted molar refractivity (Wildman–Crippen MR) is 63.6 cm³/mol. The summed E-state index contributed by atoms with van der Waals surface area (Å²) in [6, 6.07) is 0. The van der Waals surface area contributed by atoms with Gasteiger partial charge in [0.1, 0.15) is 0 Å². The number of hydrogen-bond acceptors (Lipinski definition) is 4. The van der Waals surface area contributed by atoms with Crippen molar-refractivity contribution in [2.45, 2.75) is 25.7 Å². The molecule has 0 radical (unpaired) electrons. The largest absolute Gasteiger partial charge is 0.351 e. The van der Waals surface area contributed by atoms with E-state index >= 15 is 0 Å². The van der Waals surface area contributed by atoms with Crippen molar-refractivity contribution in [3.05, 3.63) is 11.9 Å². The van der Waals surface area contributed by atoms with Crippen LogP contribution in [-0.4, -0.2) is 52.4 Å². The van der Waals surface area contributed by atoms with E-state index in [1.165, 1.54) is 38.5 Å². The van der Waals surface area contributed by atoms with Crippen LogP contribution in [0.3, 0.4) is 0 Å². The van der Waals surface area contributed by atoms with Gasteiger partial charge in [0.15, 0.2) is 5.69 Å². The van der Waals surface area contributed by atoms with Gasteiger partial charge in [-0.05, 0) is 38.9 Å². The molecule has 17 heavy (non-hydrogen) atoms. The van der Waals surface area contributed by atoms with Crippen molar-refractivity contribution in [3.63, 3.8) is 0 Å². The third-order valence-corrected chi connectivity index (χ3v) is 3.03. The summed E-state index contributed by atoms with van der Waals surface area (Å²) in [5.74, 6) is -0.155. The van der Waals surface area contributed by atoms with Gasteiger partial charge in [-0.3, -0.25) is 4.79 Å². The number of nitrogens with zero attached hydrogens (tertiary/aromatic N) is 3. The molecule has 1 aliphatic heterocycles. The first-order valence-electron chi connectivity index (χ1n) is 6.22. The molecule has 0 saturated carbocycles. The molecule has 1 saturated heterocycles. The van der Waals surface area contributed by atoms with E-state index in [0.717, 1.165) is 13.0 Å². The Balaban J connectivity index is 1.58. The van der Waals surface area contributed by atoms with Crippen LogP contribution >= 0.6 is 0 Å². The molecular formula is C11H19N5O. The molecule has 0 spiro atoms. The molecule has 0 aliphatic carbocycles. The molecule has 1 aromatic heterocycles. The average Bonchev–Trinajstić information content (AvgIpc) is 2.89. The molecule has 2 heterocycles. The molecule has 1 amide bonds. The number of aromatic amines is 1. The highest BCUT2D eigenvalue weighted by atomic mass is 16.1. The number of H-pyrrole nitrogens is 1. The minimum absolute atomic E-state index is 0.155. The van der Waals surface area contributed by atoms with Gasteiger partial charge in [0.05, 0.1) is 6.20 Å². The number of aromatic nitrogens is 3. The van der Waals surface area contributed by atoms with Crippen LogP contribution in [0.5, 0.6) is 0 Å². The summed E-state index contributed by atoms with van der Waals surface area (Å²) in [5.41, 5.74) is 0.350. The summed E-state index contributed by atoms with van der Waals surface area (Å²) in [7, 11) is 0. The van der Waals surface area contributed by atoms with Gasteiger partial charge in [0.2, 0.25) is 0 Å². The second kappa shape index (κ2) is 6.34. The summed E-state index contributed by atoms with van der Waals surface area (Å²) < 4.78 is 0. The van der Waals surface area contributed by atoms with Crippen LogP contribution in [0.4, 0.5) is 0 Å². The Bertz CT molecular complexity index is 332. The zero-order chi connectivity index (χ0) is 11.9. The lowest BCUT2D eigenvalue weighted by molar-refractivity contribution is 0.0946. The lowest BCUT2D eigenvalue weighted by Gasteiger charge is -2.26. The maximum atomic E-state index is 11.5. The van der Waals surface area contributed by atoms with Gasteiger partial charge in [0, 0.05) is 6.54 Å². The van der Waals surface area contributed by atoms with Crippen LogP contribution in [-0.2, 0) is 0 Å². The standard InChI is InChI=1S/C11H19N5O/c17-11(10-9-13-15-14-10)12-5-4-8-16-6-2-1-3-7-16/h9H,1-8H2,(H,12,17)(H,13,14,15). The van der Waals surface area contributed by atoms with Gasteiger partial charge >= 0.3 is 0 Å². The number of carbonyl (C=O) groups excluding carboxylic acids is 1. The minimum atomic E-state index is -0.155. The van der Waals surface area contributed by atoms with E-state index in [1.807, 2.05) is 0 Å². The van der Waals surface area contributed by atoms with Crippen molar-refractivity contribution in [1.29, 1.82) is 0 Å². The van der Waals surface area contributed by atoms with Crippen LogP contribution in [0.2, 0.25) is 0 Å². The topological polar surface area (TPSA) is 73.9 Å². The van der Waals surface area contributed by atoms with E-state index in [-0.39, 0.29) is 5.91 Å². The molecule has 1 aromatic rings. The Morgan fingerprint density at radius 2 is 2.24 bits per heavy atom. The number of hydrogen-bond donors (Lipinski definition) is 2. The second-order valence-corrected chi connectivity index (χ2v) is 4.37. The lowest BCUT2D eigenvalue weighted by atomic mass is 10.1. The Hall–Kier alpha value is -1.43. The molecule has 0 bridgehead atoms. The fraction of sp³-hybridized carbons (Fsp3) is 0.727. The molecule has 94 valence electrons. The number of carbonyl (C=O) groups is 1. The lowest BCUT2D eigenvalue weighted by Crippen LogP contribution is -2.33. The second-order valence-electron chi connectivity index (χ2n) is 4.37. The van der Waals surface area contributed by atoms with Gasteiger partial charge in [-0.25, -0.2) is 0 Å². The molecule has 0 aromatic carbocycles. The molecular weight excluding hydrogens is 218 g/mol. The van der Waals surface area contributed by atoms with Crippen LogP contribution < -0.4 is 5.32 Å². The third-order valence-electron chi connectivity index (χ3n) is 3.03. The van der Waals surface area contributed by atoms with Crippen molar-refractivity contribution in [3.8, 4) is 0 Å². The van der Waals surface area contributed by atoms with E-state index in [2.05, 4.69) is 25.6 Å². The highest BCUT2D eigenvalue weighted by molar-refractivity contribution is 5.91. The van der Waals surface area contributed by atoms with Gasteiger partial charge in [-0.2, -0.15) is 15.4 Å². The summed E-state index contributed by atoms with van der Waals surface area (Å²) in [6.45, 7) is 4.18. The number of nitrogens with one attached hydrogen (secondary N) is 2. The molecule has 2 N–H and O–H groups in total. The van der Waals surface area contributed by atoms with Gasteiger partial charge < -0.3 is 10.2 Å². The summed E-state index contributed by atoms with van der Waals surface area (Å²) in [4.78, 5) is 14.0. The Morgan fingerprint density at radius 3 is 2.94 bits per heavy atom. The van der Waals surface area contributed by atoms with E-state index in [0.29, 0.717) is 12.2 Å². The quantitative estimate of drug-likeness (QED) is 0.727. The molecule has 6 nitrogen and oxygen atoms in total. The maximum Gasteiger partial charge on any atom is 0.273 e. The Labute approximate surface area is 101 Å². The first-order chi connectivity index (χ1) is 8.36. The van der Waals surface area contributed by atoms with E-state index in [4.69, 9.17) is 0 Å². The Morgan fingerprint density at radius 1 is 1.41 bits per heavy atom. The van der Waals surface area contributed by atoms with Crippen molar-refractivity contribution in [1.82, 2.24) is 25.6 Å². The highest BCUT2D eigenvalue weighted by Crippen LogP contribution is 2.08. The molecule has 0 atom stereocenters. The van der Waals surface area contributed by atoms with Crippen LogP contribution in [0.15, 0.2) is 6.20 Å². The minimum Gasteiger partial charge on any atom is -0.351 e. The molecule has 1 fully saturated rings. The van der Waals surface area contributed by atoms with Crippen LogP contribution in [0.1, 0.15) is 36.2 Å². The van der Waals surface area contributed by atoms with Crippen molar-refractivity contribution in [2.24, 2.45) is 0 Å². The Kier molecular flexibility index (Phi) is 4.49. The smallest absolute Gasteiger partial charge is 0.273 e. The highest BCUT2D eigenvalue weighted by Gasteiger charge is 2.10. The molecule has 0 unspecified atom stereocenters. The van der Waals surface area contributed by atoms with E-state index < -0.39 is 0 Å². The molecule has 2 rings (SSSR count). The zero-order valence-electron chi connectivity index (χ0n) is 9.98. The fourth-order valence-electron chi connectivity index (χ4n) is 2.09. The monoisotopic (exact) mass is 237 g/mol. The van der Waals surface area contributed by atoms with Gasteiger partial charge in [-0.15, -0.1) is 0 Å². The van der Waals surface area contributed by atoms with Crippen LogP contribution in [0.25, 0.3) is 0 Å². The SMILES string of the molecule is O=C(NCCCN1CCCCC1)c1cn[nH]n1. The number of likely N-dealkylation sites (tertiary alicyclic amines) is 1. The zero-order valence-corrected chi connectivity index (χ0v) is 9.98. The van der Waals surface area contributed by atoms with Gasteiger partial charge in [0.25, 0.3) is 5.91 Å². The summed E-state index contributed by atoms with van der Waals surface area (Å²) in [6.07, 6.45) is 6.40. The predicted octanol–water partition coefficient (Wildman–Crippen LogP) is 0.410. The summed E-state index contributed by atoms with van der Waals surface area (Å²) in [5, 5.41) is 12.6. The summed E-state index contributed by atoms with van der Waals surface area (Å²) >= 11 is 0. The number of amides is 1. The number of rotatable bonds is 5. The first kappa shape index (κ1) is 12.0. The van der Waals surface area contributed by atoms with Crippen molar-refractivity contribution < 1.29 is 4.79 Å². The van der Waals surface area contributed by atoms with E-state index in [1.54, 1.807) is 0 Å². The van der Waals surface area contributed by atoms with Crippen molar-refractivity contribution in [2.75, 3.05) is 26.2 Å². The van der Waals surface area contributed by atoms with Crippen molar-refractivity contribution >= 4 is 5.91 Å². The maximum absolute atomic E-state index is 11.5. The van der Waals surface area contributed by atoms with Gasteiger partial charge in [-0.1, -0.05) is 6.42 Å². The normalized spacial score (nSPS) is 16.9. The molecule has 1 aliphatic rings. The molecule has 6 heteroatoms. The van der Waals surface area contributed by atoms with E-state index in [9.17, 15) is 4.79 Å².